The van der Waals surface area contributed by atoms with E-state index in [2.05, 4.69) is 0 Å². The molecule has 0 spiro atoms. The third kappa shape index (κ3) is 3.69. The van der Waals surface area contributed by atoms with E-state index in [9.17, 15) is 13.5 Å². The van der Waals surface area contributed by atoms with Crippen molar-refractivity contribution in [3.8, 4) is 5.75 Å². The number of benzene rings is 2. The van der Waals surface area contributed by atoms with E-state index in [0.29, 0.717) is 5.56 Å². The van der Waals surface area contributed by atoms with Crippen molar-refractivity contribution in [2.75, 3.05) is 0 Å². The highest BCUT2D eigenvalue weighted by Gasteiger charge is 2.11. The lowest BCUT2D eigenvalue weighted by Gasteiger charge is -2.06. The molecule has 0 saturated carbocycles. The number of phenols is 1. The minimum Gasteiger partial charge on any atom is -0.508 e. The Kier molecular flexibility index (Phi) is 4.36. The third-order valence-corrected chi connectivity index (χ3v) is 3.63. The van der Waals surface area contributed by atoms with Crippen LogP contribution >= 0.6 is 0 Å². The Morgan fingerprint density at radius 1 is 1.00 bits per heavy atom. The predicted octanol–water partition coefficient (Wildman–Crippen LogP) is 2.76. The van der Waals surface area contributed by atoms with Crippen LogP contribution in [0.3, 0.4) is 0 Å². The molecule has 0 aromatic heterocycles. The molecule has 98 valence electrons. The third-order valence-electron chi connectivity index (χ3n) is 2.71. The molecule has 0 aliphatic heterocycles. The van der Waals surface area contributed by atoms with Crippen LogP contribution in [0.25, 0.3) is 6.08 Å². The van der Waals surface area contributed by atoms with Crippen LogP contribution in [0.15, 0.2) is 60.7 Å². The molecule has 1 N–H and O–H groups in total. The molecule has 1 unspecified atom stereocenters. The van der Waals surface area contributed by atoms with Gasteiger partial charge in [-0.2, -0.15) is 0 Å². The van der Waals surface area contributed by atoms with Crippen LogP contribution < -0.4 is 0 Å². The van der Waals surface area contributed by atoms with E-state index in [4.69, 9.17) is 0 Å². The maximum atomic E-state index is 11.3. The first-order valence-corrected chi connectivity index (χ1v) is 7.07. The van der Waals surface area contributed by atoms with Crippen LogP contribution in [0.5, 0.6) is 5.75 Å². The number of aromatic hydroxyl groups is 1. The molecule has 0 aliphatic rings. The van der Waals surface area contributed by atoms with Gasteiger partial charge in [-0.3, -0.25) is 0 Å². The van der Waals surface area contributed by atoms with Crippen molar-refractivity contribution in [2.45, 2.75) is 5.25 Å². The van der Waals surface area contributed by atoms with Crippen molar-refractivity contribution in [2.24, 2.45) is 0 Å². The summed E-state index contributed by atoms with van der Waals surface area (Å²) >= 11 is 0. The highest BCUT2D eigenvalue weighted by atomic mass is 32.2. The molecular weight excluding hydrogens is 260 g/mol. The molecule has 1 atom stereocenters. The lowest BCUT2D eigenvalue weighted by Crippen LogP contribution is -1.96. The molecule has 2 aromatic carbocycles. The Morgan fingerprint density at radius 2 is 1.74 bits per heavy atom. The SMILES string of the molecule is O=[SH](=O)C(C=Cc1ccccc1)c1cccc(O)c1. The molecule has 0 bridgehead atoms. The Labute approximate surface area is 113 Å². The predicted molar refractivity (Wildman–Crippen MR) is 76.6 cm³/mol. The summed E-state index contributed by atoms with van der Waals surface area (Å²) in [4.78, 5) is 0. The highest BCUT2D eigenvalue weighted by molar-refractivity contribution is 7.72. The van der Waals surface area contributed by atoms with Crippen LogP contribution in [0.4, 0.5) is 0 Å². The van der Waals surface area contributed by atoms with Crippen molar-refractivity contribution >= 4 is 16.8 Å². The van der Waals surface area contributed by atoms with Crippen LogP contribution in [0, 0.1) is 0 Å². The van der Waals surface area contributed by atoms with Crippen LogP contribution in [-0.4, -0.2) is 13.5 Å². The summed E-state index contributed by atoms with van der Waals surface area (Å²) in [6.45, 7) is 0. The van der Waals surface area contributed by atoms with Gasteiger partial charge in [-0.25, -0.2) is 8.42 Å². The monoisotopic (exact) mass is 274 g/mol. The first kappa shape index (κ1) is 13.4. The highest BCUT2D eigenvalue weighted by Crippen LogP contribution is 2.23. The van der Waals surface area contributed by atoms with E-state index < -0.39 is 16.0 Å². The molecule has 0 heterocycles. The van der Waals surface area contributed by atoms with Gasteiger partial charge in [-0.05, 0) is 23.3 Å². The van der Waals surface area contributed by atoms with Crippen molar-refractivity contribution in [3.05, 3.63) is 71.8 Å². The second kappa shape index (κ2) is 6.20. The van der Waals surface area contributed by atoms with Crippen LogP contribution in [0.2, 0.25) is 0 Å². The van der Waals surface area contributed by atoms with Gasteiger partial charge < -0.3 is 5.11 Å². The van der Waals surface area contributed by atoms with Crippen LogP contribution in [-0.2, 0) is 10.7 Å². The number of phenolic OH excluding ortho intramolecular Hbond substituents is 1. The fourth-order valence-electron chi connectivity index (χ4n) is 1.78. The zero-order chi connectivity index (χ0) is 13.7. The largest absolute Gasteiger partial charge is 0.508 e. The van der Waals surface area contributed by atoms with Gasteiger partial charge in [0.05, 0.1) is 0 Å². The molecular formula is C15H14O3S. The zero-order valence-corrected chi connectivity index (χ0v) is 11.0. The first-order valence-electron chi connectivity index (χ1n) is 5.82. The van der Waals surface area contributed by atoms with Gasteiger partial charge in [0, 0.05) is 0 Å². The van der Waals surface area contributed by atoms with E-state index in [0.717, 1.165) is 5.56 Å². The molecule has 0 saturated heterocycles. The Hall–Kier alpha value is -2.07. The molecule has 3 nitrogen and oxygen atoms in total. The van der Waals surface area contributed by atoms with E-state index in [1.54, 1.807) is 24.3 Å². The normalized spacial score (nSPS) is 12.9. The number of hydrogen-bond acceptors (Lipinski definition) is 3. The van der Waals surface area contributed by atoms with Crippen molar-refractivity contribution < 1.29 is 13.5 Å². The smallest absolute Gasteiger partial charge is 0.150 e. The molecule has 2 aromatic rings. The van der Waals surface area contributed by atoms with E-state index in [1.807, 2.05) is 30.3 Å². The van der Waals surface area contributed by atoms with Gasteiger partial charge in [0.2, 0.25) is 0 Å². The van der Waals surface area contributed by atoms with Gasteiger partial charge in [0.15, 0.2) is 10.7 Å². The number of hydrogen-bond donors (Lipinski definition) is 2. The minimum absolute atomic E-state index is 0.0625. The number of rotatable bonds is 4. The molecule has 0 amide bonds. The van der Waals surface area contributed by atoms with Gasteiger partial charge in [-0.15, -0.1) is 0 Å². The Balaban J connectivity index is 2.30. The van der Waals surface area contributed by atoms with E-state index >= 15 is 0 Å². The van der Waals surface area contributed by atoms with Crippen molar-refractivity contribution in [1.82, 2.24) is 0 Å². The minimum atomic E-state index is -2.65. The maximum Gasteiger partial charge on any atom is 0.150 e. The second-order valence-electron chi connectivity index (χ2n) is 4.09. The lowest BCUT2D eigenvalue weighted by molar-refractivity contribution is 0.474. The standard InChI is InChI=1S/C15H14O3S/c16-14-8-4-7-13(11-14)15(19(17)18)10-9-12-5-2-1-3-6-12/h1-11,15-16,19H. The molecule has 19 heavy (non-hydrogen) atoms. The van der Waals surface area contributed by atoms with Gasteiger partial charge in [-0.1, -0.05) is 54.6 Å². The van der Waals surface area contributed by atoms with E-state index in [-0.39, 0.29) is 5.75 Å². The Morgan fingerprint density at radius 3 is 2.37 bits per heavy atom. The van der Waals surface area contributed by atoms with Gasteiger partial charge in [0.1, 0.15) is 11.0 Å². The van der Waals surface area contributed by atoms with Crippen molar-refractivity contribution in [1.29, 1.82) is 0 Å². The second-order valence-corrected chi connectivity index (χ2v) is 5.22. The quantitative estimate of drug-likeness (QED) is 0.843. The van der Waals surface area contributed by atoms with Gasteiger partial charge in [0.25, 0.3) is 0 Å². The zero-order valence-electron chi connectivity index (χ0n) is 10.1. The first-order chi connectivity index (χ1) is 9.16. The van der Waals surface area contributed by atoms with Crippen LogP contribution in [0.1, 0.15) is 16.4 Å². The summed E-state index contributed by atoms with van der Waals surface area (Å²) < 4.78 is 22.7. The summed E-state index contributed by atoms with van der Waals surface area (Å²) in [5.74, 6) is 0.0625. The summed E-state index contributed by atoms with van der Waals surface area (Å²) in [6.07, 6.45) is 3.38. The average Bonchev–Trinajstić information content (AvgIpc) is 2.40. The fraction of sp³-hybridized carbons (Fsp3) is 0.0667. The fourth-order valence-corrected chi connectivity index (χ4v) is 2.41. The molecule has 2 rings (SSSR count). The average molecular weight is 274 g/mol. The molecule has 0 radical (unpaired) electrons. The summed E-state index contributed by atoms with van der Waals surface area (Å²) in [5, 5.41) is 8.67. The maximum absolute atomic E-state index is 11.3. The summed E-state index contributed by atoms with van der Waals surface area (Å²) in [7, 11) is -2.65. The molecule has 0 aliphatic carbocycles. The van der Waals surface area contributed by atoms with Crippen molar-refractivity contribution in [3.63, 3.8) is 0 Å². The lowest BCUT2D eigenvalue weighted by atomic mass is 10.1. The van der Waals surface area contributed by atoms with Gasteiger partial charge >= 0.3 is 0 Å². The molecule has 0 fully saturated rings. The molecule has 4 heteroatoms. The van der Waals surface area contributed by atoms with E-state index in [1.165, 1.54) is 12.1 Å². The Bertz CT molecular complexity index is 637. The summed E-state index contributed by atoms with van der Waals surface area (Å²) in [5.41, 5.74) is 1.49. The summed E-state index contributed by atoms with van der Waals surface area (Å²) in [6, 6.07) is 15.8. The topological polar surface area (TPSA) is 54.4 Å². The number of thiol groups is 1.